The first-order chi connectivity index (χ1) is 9.47. The lowest BCUT2D eigenvalue weighted by atomic mass is 10.1. The Balaban J connectivity index is 1.95. The lowest BCUT2D eigenvalue weighted by Crippen LogP contribution is -2.13. The Labute approximate surface area is 119 Å². The minimum Gasteiger partial charge on any atom is -0.377 e. The van der Waals surface area contributed by atoms with E-state index in [9.17, 15) is 8.42 Å². The molecule has 0 fully saturated rings. The summed E-state index contributed by atoms with van der Waals surface area (Å²) in [4.78, 5) is 0.460. The van der Waals surface area contributed by atoms with Crippen LogP contribution < -0.4 is 5.32 Å². The van der Waals surface area contributed by atoms with Crippen LogP contribution >= 0.6 is 0 Å². The summed E-state index contributed by atoms with van der Waals surface area (Å²) in [6.45, 7) is 4.12. The number of anilines is 1. The summed E-state index contributed by atoms with van der Waals surface area (Å²) in [5.41, 5.74) is 4.26. The first-order valence-corrected chi connectivity index (χ1v) is 8.28. The van der Waals surface area contributed by atoms with Crippen molar-refractivity contribution in [3.05, 3.63) is 59.2 Å². The Morgan fingerprint density at radius 3 is 2.55 bits per heavy atom. The molecule has 1 unspecified atom stereocenters. The quantitative estimate of drug-likeness (QED) is 0.922. The average molecular weight is 287 g/mol. The number of fused-ring (bicyclic) bond motifs is 1. The Bertz CT molecular complexity index is 766. The summed E-state index contributed by atoms with van der Waals surface area (Å²) >= 11 is 0. The first kappa shape index (κ1) is 13.2. The third kappa shape index (κ3) is 2.20. The molecule has 0 bridgehead atoms. The summed E-state index contributed by atoms with van der Waals surface area (Å²) in [5, 5.41) is 3.34. The van der Waals surface area contributed by atoms with E-state index in [1.165, 1.54) is 11.1 Å². The lowest BCUT2D eigenvalue weighted by molar-refractivity contribution is 0.598. The summed E-state index contributed by atoms with van der Waals surface area (Å²) in [6, 6.07) is 13.2. The fourth-order valence-corrected chi connectivity index (χ4v) is 4.34. The SMILES string of the molecule is Cc1ccc(NC2CS(=O)(=O)c3ccccc32)cc1C. The highest BCUT2D eigenvalue weighted by Gasteiger charge is 2.34. The predicted octanol–water partition coefficient (Wildman–Crippen LogP) is 3.24. The Morgan fingerprint density at radius 2 is 1.80 bits per heavy atom. The summed E-state index contributed by atoms with van der Waals surface area (Å²) in [5.74, 6) is 0.124. The fourth-order valence-electron chi connectivity index (χ4n) is 2.60. The van der Waals surface area contributed by atoms with Crippen molar-refractivity contribution in [3.8, 4) is 0 Å². The molecule has 0 saturated heterocycles. The van der Waals surface area contributed by atoms with E-state index < -0.39 is 9.84 Å². The van der Waals surface area contributed by atoms with E-state index in [2.05, 4.69) is 25.2 Å². The van der Waals surface area contributed by atoms with E-state index in [1.54, 1.807) is 12.1 Å². The van der Waals surface area contributed by atoms with Crippen LogP contribution in [-0.2, 0) is 9.84 Å². The maximum absolute atomic E-state index is 12.1. The van der Waals surface area contributed by atoms with Gasteiger partial charge in [-0.25, -0.2) is 8.42 Å². The summed E-state index contributed by atoms with van der Waals surface area (Å²) in [6.07, 6.45) is 0. The van der Waals surface area contributed by atoms with Crippen LogP contribution in [-0.4, -0.2) is 14.2 Å². The van der Waals surface area contributed by atoms with Crippen molar-refractivity contribution >= 4 is 15.5 Å². The van der Waals surface area contributed by atoms with E-state index in [4.69, 9.17) is 0 Å². The molecule has 0 spiro atoms. The highest BCUT2D eigenvalue weighted by Crippen LogP contribution is 2.35. The molecular weight excluding hydrogens is 270 g/mol. The van der Waals surface area contributed by atoms with Gasteiger partial charge in [0, 0.05) is 5.69 Å². The van der Waals surface area contributed by atoms with Crippen molar-refractivity contribution in [2.45, 2.75) is 24.8 Å². The van der Waals surface area contributed by atoms with Gasteiger partial charge in [-0.05, 0) is 48.7 Å². The smallest absolute Gasteiger partial charge is 0.181 e. The molecule has 0 aromatic heterocycles. The molecule has 1 N–H and O–H groups in total. The molecule has 0 radical (unpaired) electrons. The Morgan fingerprint density at radius 1 is 1.05 bits per heavy atom. The molecule has 3 rings (SSSR count). The third-order valence-corrected chi connectivity index (χ3v) is 5.68. The maximum atomic E-state index is 12.1. The molecule has 1 aliphatic heterocycles. The van der Waals surface area contributed by atoms with Gasteiger partial charge in [0.1, 0.15) is 0 Å². The van der Waals surface area contributed by atoms with Crippen molar-refractivity contribution in [2.24, 2.45) is 0 Å². The Kier molecular flexibility index (Phi) is 3.05. The van der Waals surface area contributed by atoms with Gasteiger partial charge < -0.3 is 5.32 Å². The van der Waals surface area contributed by atoms with Crippen molar-refractivity contribution in [1.29, 1.82) is 0 Å². The summed E-state index contributed by atoms with van der Waals surface area (Å²) < 4.78 is 24.3. The molecule has 0 aliphatic carbocycles. The molecule has 2 aromatic rings. The van der Waals surface area contributed by atoms with Gasteiger partial charge in [0.2, 0.25) is 0 Å². The van der Waals surface area contributed by atoms with E-state index in [-0.39, 0.29) is 11.8 Å². The van der Waals surface area contributed by atoms with Crippen molar-refractivity contribution < 1.29 is 8.42 Å². The van der Waals surface area contributed by atoms with Gasteiger partial charge in [-0.15, -0.1) is 0 Å². The molecule has 0 saturated carbocycles. The van der Waals surface area contributed by atoms with E-state index in [0.717, 1.165) is 11.3 Å². The Hall–Kier alpha value is -1.81. The molecule has 0 amide bonds. The van der Waals surface area contributed by atoms with Gasteiger partial charge in [0.25, 0.3) is 0 Å². The molecule has 3 nitrogen and oxygen atoms in total. The molecular formula is C16H17NO2S. The highest BCUT2D eigenvalue weighted by atomic mass is 32.2. The first-order valence-electron chi connectivity index (χ1n) is 6.63. The minimum absolute atomic E-state index is 0.124. The number of hydrogen-bond donors (Lipinski definition) is 1. The number of hydrogen-bond acceptors (Lipinski definition) is 3. The van der Waals surface area contributed by atoms with E-state index in [0.29, 0.717) is 4.90 Å². The molecule has 1 aliphatic rings. The van der Waals surface area contributed by atoms with Gasteiger partial charge >= 0.3 is 0 Å². The molecule has 104 valence electrons. The number of rotatable bonds is 2. The van der Waals surface area contributed by atoms with Crippen LogP contribution in [0.2, 0.25) is 0 Å². The molecule has 2 aromatic carbocycles. The van der Waals surface area contributed by atoms with Crippen molar-refractivity contribution in [1.82, 2.24) is 0 Å². The van der Waals surface area contributed by atoms with Crippen molar-refractivity contribution in [3.63, 3.8) is 0 Å². The second-order valence-corrected chi connectivity index (χ2v) is 7.32. The zero-order valence-electron chi connectivity index (χ0n) is 11.6. The molecule has 20 heavy (non-hydrogen) atoms. The third-order valence-electron chi connectivity index (χ3n) is 3.86. The van der Waals surface area contributed by atoms with Crippen LogP contribution in [0.15, 0.2) is 47.4 Å². The molecule has 1 heterocycles. The van der Waals surface area contributed by atoms with Crippen molar-refractivity contribution in [2.75, 3.05) is 11.1 Å². The normalized spacial score (nSPS) is 19.6. The zero-order valence-corrected chi connectivity index (χ0v) is 12.4. The zero-order chi connectivity index (χ0) is 14.3. The molecule has 1 atom stereocenters. The largest absolute Gasteiger partial charge is 0.377 e. The minimum atomic E-state index is -3.16. The standard InChI is InChI=1S/C16H17NO2S/c1-11-7-8-13(9-12(11)2)17-15-10-20(18,19)16-6-4-3-5-14(15)16/h3-9,15,17H,10H2,1-2H3. The predicted molar refractivity (Wildman–Crippen MR) is 80.8 cm³/mol. The van der Waals surface area contributed by atoms with Gasteiger partial charge in [-0.3, -0.25) is 0 Å². The van der Waals surface area contributed by atoms with Crippen LogP contribution in [0.3, 0.4) is 0 Å². The highest BCUT2D eigenvalue weighted by molar-refractivity contribution is 7.91. The maximum Gasteiger partial charge on any atom is 0.181 e. The second kappa shape index (κ2) is 4.63. The van der Waals surface area contributed by atoms with Crippen LogP contribution in [0.25, 0.3) is 0 Å². The van der Waals surface area contributed by atoms with Gasteiger partial charge in [-0.1, -0.05) is 24.3 Å². The lowest BCUT2D eigenvalue weighted by Gasteiger charge is -2.15. The number of sulfone groups is 1. The van der Waals surface area contributed by atoms with Gasteiger partial charge in [-0.2, -0.15) is 0 Å². The van der Waals surface area contributed by atoms with Gasteiger partial charge in [0.15, 0.2) is 9.84 Å². The number of nitrogens with one attached hydrogen (secondary N) is 1. The monoisotopic (exact) mass is 287 g/mol. The summed E-state index contributed by atoms with van der Waals surface area (Å²) in [7, 11) is -3.16. The topological polar surface area (TPSA) is 46.2 Å². The van der Waals surface area contributed by atoms with Crippen LogP contribution in [0, 0.1) is 13.8 Å². The number of benzene rings is 2. The van der Waals surface area contributed by atoms with Crippen LogP contribution in [0.5, 0.6) is 0 Å². The number of aryl methyl sites for hydroxylation is 2. The fraction of sp³-hybridized carbons (Fsp3) is 0.250. The second-order valence-electron chi connectivity index (χ2n) is 5.32. The van der Waals surface area contributed by atoms with E-state index in [1.807, 2.05) is 24.3 Å². The van der Waals surface area contributed by atoms with Gasteiger partial charge in [0.05, 0.1) is 16.7 Å². The molecule has 4 heteroatoms. The van der Waals surface area contributed by atoms with E-state index >= 15 is 0 Å². The van der Waals surface area contributed by atoms with Crippen LogP contribution in [0.1, 0.15) is 22.7 Å². The van der Waals surface area contributed by atoms with Crippen LogP contribution in [0.4, 0.5) is 5.69 Å². The average Bonchev–Trinajstić information content (AvgIpc) is 2.66.